The largest absolute Gasteiger partial charge is 0.358 e. The molecule has 1 aromatic carbocycles. The summed E-state index contributed by atoms with van der Waals surface area (Å²) in [5.74, 6) is -0.120. The molecule has 6 heteroatoms. The van der Waals surface area contributed by atoms with Gasteiger partial charge in [0.05, 0.1) is 5.52 Å². The first kappa shape index (κ1) is 16.0. The summed E-state index contributed by atoms with van der Waals surface area (Å²) >= 11 is 0. The number of fused-ring (bicyclic) bond motifs is 1. The molecule has 118 valence electrons. The van der Waals surface area contributed by atoms with Crippen LogP contribution in [0.15, 0.2) is 30.5 Å². The molecule has 0 aliphatic rings. The van der Waals surface area contributed by atoms with E-state index in [2.05, 4.69) is 10.6 Å². The summed E-state index contributed by atoms with van der Waals surface area (Å²) in [6.45, 7) is 2.13. The van der Waals surface area contributed by atoms with Gasteiger partial charge in [0.25, 0.3) is 0 Å². The Bertz CT molecular complexity index is 676. The third kappa shape index (κ3) is 4.08. The number of anilines is 1. The molecule has 0 radical (unpaired) electrons. The number of aromatic nitrogens is 1. The van der Waals surface area contributed by atoms with Gasteiger partial charge in [-0.1, -0.05) is 6.07 Å². The third-order valence-electron chi connectivity index (χ3n) is 3.48. The second kappa shape index (κ2) is 7.09. The average Bonchev–Trinajstić information content (AvgIpc) is 2.87. The highest BCUT2D eigenvalue weighted by Crippen LogP contribution is 2.21. The van der Waals surface area contributed by atoms with E-state index < -0.39 is 0 Å². The molecule has 4 N–H and O–H groups in total. The van der Waals surface area contributed by atoms with Crippen molar-refractivity contribution in [3.05, 3.63) is 30.5 Å². The highest BCUT2D eigenvalue weighted by molar-refractivity contribution is 5.94. The maximum Gasteiger partial charge on any atom is 0.239 e. The van der Waals surface area contributed by atoms with Crippen molar-refractivity contribution in [2.24, 2.45) is 5.73 Å². The van der Waals surface area contributed by atoms with E-state index in [9.17, 15) is 9.59 Å². The molecule has 2 amide bonds. The van der Waals surface area contributed by atoms with Crippen LogP contribution < -0.4 is 16.4 Å². The van der Waals surface area contributed by atoms with Gasteiger partial charge < -0.3 is 20.9 Å². The second-order valence-electron chi connectivity index (χ2n) is 5.45. The summed E-state index contributed by atoms with van der Waals surface area (Å²) in [4.78, 5) is 23.4. The molecule has 1 heterocycles. The minimum atomic E-state index is -0.0659. The van der Waals surface area contributed by atoms with E-state index in [0.29, 0.717) is 12.8 Å². The maximum atomic E-state index is 11.9. The zero-order valence-corrected chi connectivity index (χ0v) is 12.9. The van der Waals surface area contributed by atoms with Crippen molar-refractivity contribution in [3.63, 3.8) is 0 Å². The molecule has 2 aromatic rings. The van der Waals surface area contributed by atoms with Gasteiger partial charge in [0.2, 0.25) is 11.8 Å². The number of amides is 2. The van der Waals surface area contributed by atoms with Crippen LogP contribution in [0.5, 0.6) is 0 Å². The van der Waals surface area contributed by atoms with E-state index >= 15 is 0 Å². The van der Waals surface area contributed by atoms with Crippen molar-refractivity contribution >= 4 is 28.4 Å². The van der Waals surface area contributed by atoms with Gasteiger partial charge in [-0.15, -0.1) is 0 Å². The lowest BCUT2D eigenvalue weighted by Crippen LogP contribution is -2.23. The van der Waals surface area contributed by atoms with E-state index in [0.717, 1.165) is 16.6 Å². The number of benzene rings is 1. The average molecular weight is 302 g/mol. The van der Waals surface area contributed by atoms with Crippen LogP contribution in [-0.2, 0) is 16.1 Å². The number of nitrogens with one attached hydrogen (secondary N) is 2. The van der Waals surface area contributed by atoms with E-state index in [1.54, 1.807) is 7.05 Å². The predicted octanol–water partition coefficient (Wildman–Crippen LogP) is 1.45. The Morgan fingerprint density at radius 3 is 2.73 bits per heavy atom. The number of rotatable bonds is 6. The lowest BCUT2D eigenvalue weighted by molar-refractivity contribution is -0.121. The van der Waals surface area contributed by atoms with Crippen LogP contribution in [0.1, 0.15) is 19.8 Å². The molecule has 2 rings (SSSR count). The minimum absolute atomic E-state index is 0.0121. The van der Waals surface area contributed by atoms with Gasteiger partial charge in [0.15, 0.2) is 0 Å². The lowest BCUT2D eigenvalue weighted by Gasteiger charge is -2.09. The van der Waals surface area contributed by atoms with Gasteiger partial charge in [0.1, 0.15) is 6.54 Å². The maximum absolute atomic E-state index is 11.9. The summed E-state index contributed by atoms with van der Waals surface area (Å²) in [6, 6.07) is 7.62. The van der Waals surface area contributed by atoms with Crippen LogP contribution in [0.25, 0.3) is 10.9 Å². The van der Waals surface area contributed by atoms with E-state index in [4.69, 9.17) is 5.73 Å². The first-order valence-corrected chi connectivity index (χ1v) is 7.34. The second-order valence-corrected chi connectivity index (χ2v) is 5.45. The molecule has 1 unspecified atom stereocenters. The van der Waals surface area contributed by atoms with Crippen molar-refractivity contribution in [1.82, 2.24) is 9.88 Å². The molecule has 0 fully saturated rings. The molecule has 0 aliphatic carbocycles. The van der Waals surface area contributed by atoms with Crippen LogP contribution in [-0.4, -0.2) is 29.5 Å². The Hall–Kier alpha value is -2.34. The topological polar surface area (TPSA) is 89.2 Å². The molecule has 0 spiro atoms. The highest BCUT2D eigenvalue weighted by Gasteiger charge is 2.08. The number of carbonyl (C=O) groups excluding carboxylic acids is 2. The van der Waals surface area contributed by atoms with Crippen molar-refractivity contribution in [2.75, 3.05) is 12.4 Å². The number of carbonyl (C=O) groups is 2. The van der Waals surface area contributed by atoms with Gasteiger partial charge in [-0.2, -0.15) is 0 Å². The summed E-state index contributed by atoms with van der Waals surface area (Å²) in [5.41, 5.74) is 7.28. The molecular weight excluding hydrogens is 280 g/mol. The minimum Gasteiger partial charge on any atom is -0.358 e. The number of nitrogens with two attached hydrogens (primary N) is 1. The molecular formula is C16H22N4O2. The molecule has 6 nitrogen and oxygen atoms in total. The first-order chi connectivity index (χ1) is 10.5. The summed E-state index contributed by atoms with van der Waals surface area (Å²) in [5, 5.41) is 6.49. The van der Waals surface area contributed by atoms with Crippen LogP contribution in [0.3, 0.4) is 0 Å². The Labute approximate surface area is 129 Å². The number of likely N-dealkylation sites (N-methyl/N-ethyl adjacent to an activating group) is 1. The van der Waals surface area contributed by atoms with E-state index in [1.165, 1.54) is 0 Å². The zero-order valence-electron chi connectivity index (χ0n) is 12.9. The first-order valence-electron chi connectivity index (χ1n) is 7.34. The molecule has 1 atom stereocenters. The molecule has 1 aromatic heterocycles. The van der Waals surface area contributed by atoms with Crippen molar-refractivity contribution in [1.29, 1.82) is 0 Å². The summed E-state index contributed by atoms with van der Waals surface area (Å²) in [6.07, 6.45) is 2.91. The van der Waals surface area contributed by atoms with Crippen molar-refractivity contribution < 1.29 is 9.59 Å². The standard InChI is InChI=1S/C16H22N4O2/c1-11(17)3-6-15(21)19-13-5-4-12-7-8-20(14(12)9-13)10-16(22)18-2/h4-5,7-9,11H,3,6,10,17H2,1-2H3,(H,18,22)(H,19,21). The number of nitrogens with zero attached hydrogens (tertiary/aromatic N) is 1. The summed E-state index contributed by atoms with van der Waals surface area (Å²) in [7, 11) is 1.61. The van der Waals surface area contributed by atoms with Gasteiger partial charge >= 0.3 is 0 Å². The monoisotopic (exact) mass is 302 g/mol. The fraction of sp³-hybridized carbons (Fsp3) is 0.375. The number of hydrogen-bond donors (Lipinski definition) is 3. The van der Waals surface area contributed by atoms with Crippen molar-refractivity contribution in [3.8, 4) is 0 Å². The van der Waals surface area contributed by atoms with Crippen LogP contribution in [0.4, 0.5) is 5.69 Å². The van der Waals surface area contributed by atoms with Gasteiger partial charge in [-0.3, -0.25) is 9.59 Å². The van der Waals surface area contributed by atoms with Gasteiger partial charge in [-0.05, 0) is 36.9 Å². The predicted molar refractivity (Wildman–Crippen MR) is 87.5 cm³/mol. The van der Waals surface area contributed by atoms with Crippen LogP contribution >= 0.6 is 0 Å². The van der Waals surface area contributed by atoms with Gasteiger partial charge in [0, 0.05) is 31.4 Å². The summed E-state index contributed by atoms with van der Waals surface area (Å²) < 4.78 is 1.85. The Balaban J connectivity index is 2.13. The molecule has 0 saturated carbocycles. The fourth-order valence-electron chi connectivity index (χ4n) is 2.22. The zero-order chi connectivity index (χ0) is 16.1. The van der Waals surface area contributed by atoms with Gasteiger partial charge in [-0.25, -0.2) is 0 Å². The molecule has 0 aliphatic heterocycles. The van der Waals surface area contributed by atoms with E-state index in [1.807, 2.05) is 42.0 Å². The lowest BCUT2D eigenvalue weighted by atomic mass is 10.2. The Morgan fingerprint density at radius 2 is 2.05 bits per heavy atom. The Kier molecular flexibility index (Phi) is 5.16. The van der Waals surface area contributed by atoms with Crippen LogP contribution in [0, 0.1) is 0 Å². The number of hydrogen-bond acceptors (Lipinski definition) is 3. The molecule has 22 heavy (non-hydrogen) atoms. The van der Waals surface area contributed by atoms with Crippen molar-refractivity contribution in [2.45, 2.75) is 32.4 Å². The smallest absolute Gasteiger partial charge is 0.239 e. The van der Waals surface area contributed by atoms with Crippen LogP contribution in [0.2, 0.25) is 0 Å². The normalized spacial score (nSPS) is 12.1. The quantitative estimate of drug-likeness (QED) is 0.754. The fourth-order valence-corrected chi connectivity index (χ4v) is 2.22. The highest BCUT2D eigenvalue weighted by atomic mass is 16.2. The van der Waals surface area contributed by atoms with E-state index in [-0.39, 0.29) is 24.4 Å². The molecule has 0 bridgehead atoms. The third-order valence-corrected chi connectivity index (χ3v) is 3.48. The molecule has 0 saturated heterocycles. The SMILES string of the molecule is CNC(=O)Cn1ccc2ccc(NC(=O)CCC(C)N)cc21. The Morgan fingerprint density at radius 1 is 1.27 bits per heavy atom.